The van der Waals surface area contributed by atoms with Gasteiger partial charge in [-0.15, -0.1) is 0 Å². The van der Waals surface area contributed by atoms with E-state index in [4.69, 9.17) is 0 Å². The van der Waals surface area contributed by atoms with Crippen LogP contribution in [0.1, 0.15) is 66.9 Å². The first-order chi connectivity index (χ1) is 18.2. The fourth-order valence-electron chi connectivity index (χ4n) is 6.09. The van der Waals surface area contributed by atoms with Gasteiger partial charge in [-0.2, -0.15) is 26.3 Å². The van der Waals surface area contributed by atoms with E-state index in [1.165, 1.54) is 0 Å². The van der Waals surface area contributed by atoms with Gasteiger partial charge in [0, 0.05) is 37.3 Å². The van der Waals surface area contributed by atoms with E-state index in [1.807, 2.05) is 19.1 Å². The average Bonchev–Trinajstić information content (AvgIpc) is 3.24. The highest BCUT2D eigenvalue weighted by Gasteiger charge is 2.60. The Hall–Kier alpha value is -2.50. The second-order valence-corrected chi connectivity index (χ2v) is 11.3. The molecule has 12 heteroatoms. The minimum Gasteiger partial charge on any atom is -0.426 e. The Morgan fingerprint density at radius 2 is 1.56 bits per heavy atom. The zero-order valence-electron chi connectivity index (χ0n) is 22.2. The zero-order valence-corrected chi connectivity index (χ0v) is 22.2. The van der Waals surface area contributed by atoms with E-state index in [1.54, 1.807) is 4.90 Å². The normalized spacial score (nSPS) is 21.2. The topological polar surface area (TPSA) is 53.1 Å². The van der Waals surface area contributed by atoms with Crippen molar-refractivity contribution in [2.45, 2.75) is 82.9 Å². The lowest BCUT2D eigenvalue weighted by Crippen LogP contribution is -2.56. The summed E-state index contributed by atoms with van der Waals surface area (Å²) in [5.41, 5.74) is 1.99. The number of benzene rings is 1. The fourth-order valence-corrected chi connectivity index (χ4v) is 6.09. The Balaban J connectivity index is 1.42. The molecule has 6 nitrogen and oxygen atoms in total. The third-order valence-corrected chi connectivity index (χ3v) is 8.27. The number of ether oxygens (including phenoxy) is 1. The quantitative estimate of drug-likeness (QED) is 0.427. The van der Waals surface area contributed by atoms with Crippen molar-refractivity contribution in [1.29, 1.82) is 0 Å². The first kappa shape index (κ1) is 29.5. The van der Waals surface area contributed by atoms with Gasteiger partial charge < -0.3 is 14.5 Å². The molecule has 0 saturated carbocycles. The SMILES string of the molecule is Cc1cc(CN2CCC(C)CC2)cc(C(=O)N2CCCC23CCN(C(=O)OC(C(F)(F)F)C(F)(F)F)CC3)c1. The molecule has 3 heterocycles. The molecule has 218 valence electrons. The van der Waals surface area contributed by atoms with Crippen molar-refractivity contribution in [3.8, 4) is 0 Å². The van der Waals surface area contributed by atoms with Gasteiger partial charge in [0.1, 0.15) is 0 Å². The Labute approximate surface area is 224 Å². The molecule has 1 aromatic carbocycles. The molecule has 0 N–H and O–H groups in total. The third-order valence-electron chi connectivity index (χ3n) is 8.27. The molecule has 0 aromatic heterocycles. The highest BCUT2D eigenvalue weighted by Crippen LogP contribution is 2.41. The van der Waals surface area contributed by atoms with Crippen molar-refractivity contribution in [1.82, 2.24) is 14.7 Å². The lowest BCUT2D eigenvalue weighted by Gasteiger charge is -2.45. The number of nitrogens with zero attached hydrogens (tertiary/aromatic N) is 3. The summed E-state index contributed by atoms with van der Waals surface area (Å²) in [6, 6.07) is 5.84. The van der Waals surface area contributed by atoms with E-state index in [-0.39, 0.29) is 31.8 Å². The van der Waals surface area contributed by atoms with Gasteiger partial charge in [-0.05, 0) is 82.2 Å². The van der Waals surface area contributed by atoms with Gasteiger partial charge in [0.05, 0.1) is 0 Å². The Bertz CT molecular complexity index is 1030. The van der Waals surface area contributed by atoms with Crippen molar-refractivity contribution in [2.24, 2.45) is 5.92 Å². The smallest absolute Gasteiger partial charge is 0.426 e. The molecule has 1 aromatic rings. The van der Waals surface area contributed by atoms with Crippen molar-refractivity contribution in [2.75, 3.05) is 32.7 Å². The van der Waals surface area contributed by atoms with Crippen LogP contribution in [0.15, 0.2) is 18.2 Å². The van der Waals surface area contributed by atoms with Crippen molar-refractivity contribution >= 4 is 12.0 Å². The van der Waals surface area contributed by atoms with Crippen LogP contribution in [0.5, 0.6) is 0 Å². The van der Waals surface area contributed by atoms with Crippen LogP contribution >= 0.6 is 0 Å². The van der Waals surface area contributed by atoms with Crippen LogP contribution in [0.3, 0.4) is 0 Å². The molecule has 3 saturated heterocycles. The summed E-state index contributed by atoms with van der Waals surface area (Å²) in [6.45, 7) is 7.28. The molecular formula is C27H35F6N3O3. The number of carbonyl (C=O) groups excluding carboxylic acids is 2. The standard InChI is InChI=1S/C27H35F6N3O3/c1-18-4-10-34(11-5-18)17-20-14-19(2)15-21(16-20)22(37)36-9-3-6-25(36)7-12-35(13-8-25)24(38)39-23(26(28,29)30)27(31,32)33/h14-16,18,23H,3-13,17H2,1-2H3. The largest absolute Gasteiger partial charge is 0.434 e. The Morgan fingerprint density at radius 3 is 2.15 bits per heavy atom. The molecule has 4 rings (SSSR count). The van der Waals surface area contributed by atoms with E-state index in [0.29, 0.717) is 24.4 Å². The summed E-state index contributed by atoms with van der Waals surface area (Å²) in [7, 11) is 0. The molecule has 0 aliphatic carbocycles. The Morgan fingerprint density at radius 1 is 0.949 bits per heavy atom. The summed E-state index contributed by atoms with van der Waals surface area (Å²) in [4.78, 5) is 30.9. The number of piperidine rings is 2. The van der Waals surface area contributed by atoms with Crippen LogP contribution < -0.4 is 0 Å². The molecule has 39 heavy (non-hydrogen) atoms. The first-order valence-electron chi connectivity index (χ1n) is 13.4. The number of likely N-dealkylation sites (tertiary alicyclic amines) is 3. The number of halogens is 6. The minimum absolute atomic E-state index is 0.0997. The van der Waals surface area contributed by atoms with Gasteiger partial charge in [0.2, 0.25) is 0 Å². The number of rotatable bonds is 4. The number of aryl methyl sites for hydroxylation is 1. The highest BCUT2D eigenvalue weighted by molar-refractivity contribution is 5.95. The van der Waals surface area contributed by atoms with E-state index in [0.717, 1.165) is 54.9 Å². The number of hydrogen-bond donors (Lipinski definition) is 0. The average molecular weight is 564 g/mol. The molecule has 1 spiro atoms. The number of carbonyl (C=O) groups is 2. The highest BCUT2D eigenvalue weighted by atomic mass is 19.4. The lowest BCUT2D eigenvalue weighted by molar-refractivity contribution is -0.308. The minimum atomic E-state index is -5.77. The maximum Gasteiger partial charge on any atom is 0.434 e. The molecule has 3 aliphatic heterocycles. The van der Waals surface area contributed by atoms with Crippen LogP contribution in [0, 0.1) is 12.8 Å². The van der Waals surface area contributed by atoms with Gasteiger partial charge in [0.25, 0.3) is 12.0 Å². The monoisotopic (exact) mass is 563 g/mol. The summed E-state index contributed by atoms with van der Waals surface area (Å²) < 4.78 is 80.8. The lowest BCUT2D eigenvalue weighted by atomic mass is 9.84. The number of alkyl halides is 6. The molecule has 0 unspecified atom stereocenters. The summed E-state index contributed by atoms with van der Waals surface area (Å²) >= 11 is 0. The molecule has 3 fully saturated rings. The van der Waals surface area contributed by atoms with Crippen molar-refractivity contribution in [3.63, 3.8) is 0 Å². The van der Waals surface area contributed by atoms with Crippen molar-refractivity contribution < 1.29 is 40.7 Å². The van der Waals surface area contributed by atoms with E-state index in [2.05, 4.69) is 22.6 Å². The maximum absolute atomic E-state index is 13.7. The van der Waals surface area contributed by atoms with Crippen LogP contribution in [-0.4, -0.2) is 83.4 Å². The van der Waals surface area contributed by atoms with Gasteiger partial charge in [-0.1, -0.05) is 18.6 Å². The Kier molecular flexibility index (Phi) is 8.45. The maximum atomic E-state index is 13.7. The van der Waals surface area contributed by atoms with Crippen LogP contribution in [0.25, 0.3) is 0 Å². The molecule has 0 atom stereocenters. The molecular weight excluding hydrogens is 528 g/mol. The van der Waals surface area contributed by atoms with Gasteiger partial charge >= 0.3 is 18.4 Å². The second kappa shape index (κ2) is 11.2. The van der Waals surface area contributed by atoms with Crippen LogP contribution in [0.4, 0.5) is 31.1 Å². The molecule has 3 aliphatic rings. The summed E-state index contributed by atoms with van der Waals surface area (Å²) in [5.74, 6) is 0.571. The van der Waals surface area contributed by atoms with E-state index in [9.17, 15) is 35.9 Å². The molecule has 0 radical (unpaired) electrons. The van der Waals surface area contributed by atoms with Gasteiger partial charge in [-0.25, -0.2) is 4.79 Å². The molecule has 2 amide bonds. The second-order valence-electron chi connectivity index (χ2n) is 11.3. The summed E-state index contributed by atoms with van der Waals surface area (Å²) in [6.07, 6.45) is -13.2. The number of amides is 2. The predicted molar refractivity (Wildman–Crippen MR) is 131 cm³/mol. The van der Waals surface area contributed by atoms with E-state index < -0.39 is 30.1 Å². The van der Waals surface area contributed by atoms with Gasteiger partial charge in [0.15, 0.2) is 0 Å². The van der Waals surface area contributed by atoms with Crippen molar-refractivity contribution in [3.05, 3.63) is 34.9 Å². The van der Waals surface area contributed by atoms with Crippen LogP contribution in [0.2, 0.25) is 0 Å². The van der Waals surface area contributed by atoms with E-state index >= 15 is 0 Å². The van der Waals surface area contributed by atoms with Crippen LogP contribution in [-0.2, 0) is 11.3 Å². The molecule has 0 bridgehead atoms. The fraction of sp³-hybridized carbons (Fsp3) is 0.704. The summed E-state index contributed by atoms with van der Waals surface area (Å²) in [5, 5.41) is 0. The predicted octanol–water partition coefficient (Wildman–Crippen LogP) is 5.93. The first-order valence-corrected chi connectivity index (χ1v) is 13.4. The number of hydrogen-bond acceptors (Lipinski definition) is 4. The zero-order chi connectivity index (χ0) is 28.6. The third kappa shape index (κ3) is 6.81. The van der Waals surface area contributed by atoms with Gasteiger partial charge in [-0.3, -0.25) is 9.69 Å².